The van der Waals surface area contributed by atoms with Gasteiger partial charge in [0.05, 0.1) is 12.7 Å². The van der Waals surface area contributed by atoms with Crippen LogP contribution in [0.3, 0.4) is 0 Å². The Morgan fingerprint density at radius 2 is 1.95 bits per heavy atom. The highest BCUT2D eigenvalue weighted by Crippen LogP contribution is 2.08. The normalized spacial score (nSPS) is 10.5. The van der Waals surface area contributed by atoms with E-state index in [0.717, 1.165) is 11.4 Å². The van der Waals surface area contributed by atoms with Crippen LogP contribution < -0.4 is 5.32 Å². The topological polar surface area (TPSA) is 81.2 Å². The highest BCUT2D eigenvalue weighted by atomic mass is 16.5. The molecule has 0 fully saturated rings. The van der Waals surface area contributed by atoms with Crippen LogP contribution in [0.4, 0.5) is 5.69 Å². The molecule has 3 rings (SSSR count). The molecule has 3 aromatic rings. The van der Waals surface area contributed by atoms with Crippen LogP contribution in [0.25, 0.3) is 0 Å². The van der Waals surface area contributed by atoms with Crippen LogP contribution >= 0.6 is 0 Å². The molecule has 1 N–H and O–H groups in total. The molecule has 1 amide bonds. The van der Waals surface area contributed by atoms with Crippen LogP contribution in [-0.2, 0) is 24.1 Å². The number of anilines is 1. The van der Waals surface area contributed by atoms with E-state index in [1.54, 1.807) is 6.26 Å². The van der Waals surface area contributed by atoms with Gasteiger partial charge in [-0.05, 0) is 24.3 Å². The Balaban J connectivity index is 1.51. The molecule has 2 aromatic heterocycles. The van der Waals surface area contributed by atoms with Gasteiger partial charge < -0.3 is 14.3 Å². The Bertz CT molecular complexity index is 720. The largest absolute Gasteiger partial charge is 0.469 e. The zero-order valence-electron chi connectivity index (χ0n) is 11.9. The average molecular weight is 297 g/mol. The molecule has 0 spiro atoms. The molecule has 0 saturated heterocycles. The first-order valence-electron chi connectivity index (χ1n) is 6.98. The van der Waals surface area contributed by atoms with Crippen molar-refractivity contribution in [2.24, 2.45) is 0 Å². The van der Waals surface area contributed by atoms with E-state index in [4.69, 9.17) is 8.94 Å². The van der Waals surface area contributed by atoms with E-state index in [0.29, 0.717) is 24.6 Å². The van der Waals surface area contributed by atoms with E-state index in [1.165, 1.54) is 0 Å². The predicted molar refractivity (Wildman–Crippen MR) is 79.2 cm³/mol. The first-order valence-corrected chi connectivity index (χ1v) is 6.98. The van der Waals surface area contributed by atoms with Crippen molar-refractivity contribution in [3.05, 3.63) is 66.2 Å². The van der Waals surface area contributed by atoms with E-state index < -0.39 is 0 Å². The number of hydrogen-bond donors (Lipinski definition) is 1. The van der Waals surface area contributed by atoms with Crippen LogP contribution in [-0.4, -0.2) is 16.0 Å². The molecule has 0 bridgehead atoms. The Labute approximate surface area is 127 Å². The van der Waals surface area contributed by atoms with Gasteiger partial charge in [0.1, 0.15) is 5.76 Å². The Hall–Kier alpha value is -2.89. The highest BCUT2D eigenvalue weighted by Gasteiger charge is 2.11. The van der Waals surface area contributed by atoms with Gasteiger partial charge in [-0.2, -0.15) is 4.98 Å². The molecular formula is C16H15N3O3. The summed E-state index contributed by atoms with van der Waals surface area (Å²) in [7, 11) is 0. The summed E-state index contributed by atoms with van der Waals surface area (Å²) in [6.45, 7) is 0. The van der Waals surface area contributed by atoms with Crippen molar-refractivity contribution in [1.82, 2.24) is 10.1 Å². The fourth-order valence-corrected chi connectivity index (χ4v) is 2.02. The molecule has 2 heterocycles. The monoisotopic (exact) mass is 297 g/mol. The van der Waals surface area contributed by atoms with Gasteiger partial charge in [0.2, 0.25) is 11.8 Å². The van der Waals surface area contributed by atoms with E-state index >= 15 is 0 Å². The quantitative estimate of drug-likeness (QED) is 0.756. The number of furan rings is 1. The fourth-order valence-electron chi connectivity index (χ4n) is 2.02. The van der Waals surface area contributed by atoms with E-state index in [2.05, 4.69) is 15.5 Å². The number of rotatable bonds is 6. The number of aryl methyl sites for hydroxylation is 2. The van der Waals surface area contributed by atoms with Gasteiger partial charge in [-0.3, -0.25) is 4.79 Å². The number of carbonyl (C=O) groups is 1. The zero-order valence-corrected chi connectivity index (χ0v) is 11.9. The number of hydrogen-bond acceptors (Lipinski definition) is 5. The van der Waals surface area contributed by atoms with Crippen molar-refractivity contribution in [1.29, 1.82) is 0 Å². The molecule has 22 heavy (non-hydrogen) atoms. The van der Waals surface area contributed by atoms with E-state index in [1.807, 2.05) is 42.5 Å². The van der Waals surface area contributed by atoms with Gasteiger partial charge in [-0.25, -0.2) is 0 Å². The first kappa shape index (κ1) is 14.1. The fraction of sp³-hybridized carbons (Fsp3) is 0.188. The summed E-state index contributed by atoms with van der Waals surface area (Å²) in [6.07, 6.45) is 2.98. The number of benzene rings is 1. The summed E-state index contributed by atoms with van der Waals surface area (Å²) in [5, 5.41) is 6.60. The summed E-state index contributed by atoms with van der Waals surface area (Å²) in [4.78, 5) is 16.1. The second kappa shape index (κ2) is 6.71. The first-order chi connectivity index (χ1) is 10.8. The van der Waals surface area contributed by atoms with Gasteiger partial charge in [-0.15, -0.1) is 0 Å². The third kappa shape index (κ3) is 3.82. The lowest BCUT2D eigenvalue weighted by Crippen LogP contribution is -2.15. The minimum absolute atomic E-state index is 0.0825. The smallest absolute Gasteiger partial charge is 0.232 e. The van der Waals surface area contributed by atoms with Crippen LogP contribution in [0.15, 0.2) is 57.7 Å². The van der Waals surface area contributed by atoms with Crippen molar-refractivity contribution < 1.29 is 13.7 Å². The van der Waals surface area contributed by atoms with Crippen molar-refractivity contribution in [2.75, 3.05) is 5.32 Å². The van der Waals surface area contributed by atoms with Gasteiger partial charge in [-0.1, -0.05) is 23.4 Å². The van der Waals surface area contributed by atoms with Crippen molar-refractivity contribution in [3.63, 3.8) is 0 Å². The minimum atomic E-state index is -0.176. The van der Waals surface area contributed by atoms with Crippen molar-refractivity contribution >= 4 is 11.6 Å². The summed E-state index contributed by atoms with van der Waals surface area (Å²) in [5.41, 5.74) is 0.744. The number of nitrogens with one attached hydrogen (secondary N) is 1. The number of carbonyl (C=O) groups excluding carboxylic acids is 1. The second-order valence-corrected chi connectivity index (χ2v) is 4.77. The SMILES string of the molecule is O=C(Cc1noc(CCc2ccco2)n1)Nc1ccccc1. The summed E-state index contributed by atoms with van der Waals surface area (Å²) in [5.74, 6) is 1.56. The van der Waals surface area contributed by atoms with E-state index in [9.17, 15) is 4.79 Å². The lowest BCUT2D eigenvalue weighted by molar-refractivity contribution is -0.115. The molecule has 0 saturated carbocycles. The summed E-state index contributed by atoms with van der Waals surface area (Å²) < 4.78 is 10.4. The standard InChI is InChI=1S/C16H15N3O3/c20-15(17-12-5-2-1-3-6-12)11-14-18-16(22-19-14)9-8-13-7-4-10-21-13/h1-7,10H,8-9,11H2,(H,17,20). The number of amides is 1. The van der Waals surface area contributed by atoms with E-state index in [-0.39, 0.29) is 12.3 Å². The third-order valence-corrected chi connectivity index (χ3v) is 3.05. The summed E-state index contributed by atoms with van der Waals surface area (Å²) in [6, 6.07) is 13.0. The Kier molecular flexibility index (Phi) is 4.29. The van der Waals surface area contributed by atoms with Crippen LogP contribution in [0.1, 0.15) is 17.5 Å². The van der Waals surface area contributed by atoms with Gasteiger partial charge >= 0.3 is 0 Å². The highest BCUT2D eigenvalue weighted by molar-refractivity contribution is 5.91. The molecule has 0 aliphatic carbocycles. The molecule has 0 radical (unpaired) electrons. The molecular weight excluding hydrogens is 282 g/mol. The molecule has 112 valence electrons. The molecule has 6 heteroatoms. The molecule has 0 atom stereocenters. The minimum Gasteiger partial charge on any atom is -0.469 e. The molecule has 1 aromatic carbocycles. The third-order valence-electron chi connectivity index (χ3n) is 3.05. The molecule has 0 aliphatic rings. The van der Waals surface area contributed by atoms with Crippen LogP contribution in [0.2, 0.25) is 0 Å². The van der Waals surface area contributed by atoms with Gasteiger partial charge in [0.25, 0.3) is 0 Å². The number of para-hydroxylation sites is 1. The van der Waals surface area contributed by atoms with Crippen LogP contribution in [0.5, 0.6) is 0 Å². The zero-order chi connectivity index (χ0) is 15.2. The number of nitrogens with zero attached hydrogens (tertiary/aromatic N) is 2. The maximum atomic E-state index is 11.9. The second-order valence-electron chi connectivity index (χ2n) is 4.77. The molecule has 6 nitrogen and oxygen atoms in total. The lowest BCUT2D eigenvalue weighted by atomic mass is 10.2. The predicted octanol–water partition coefficient (Wildman–Crippen LogP) is 2.63. The lowest BCUT2D eigenvalue weighted by Gasteiger charge is -2.01. The molecule has 0 unspecified atom stereocenters. The van der Waals surface area contributed by atoms with Crippen molar-refractivity contribution in [2.45, 2.75) is 19.3 Å². The summed E-state index contributed by atoms with van der Waals surface area (Å²) >= 11 is 0. The molecule has 0 aliphatic heterocycles. The Morgan fingerprint density at radius 1 is 1.09 bits per heavy atom. The number of aromatic nitrogens is 2. The van der Waals surface area contributed by atoms with Gasteiger partial charge in [0, 0.05) is 18.5 Å². The van der Waals surface area contributed by atoms with Crippen molar-refractivity contribution in [3.8, 4) is 0 Å². The Morgan fingerprint density at radius 3 is 2.73 bits per heavy atom. The maximum absolute atomic E-state index is 11.9. The van der Waals surface area contributed by atoms with Crippen LogP contribution in [0, 0.1) is 0 Å². The maximum Gasteiger partial charge on any atom is 0.232 e. The average Bonchev–Trinajstić information content (AvgIpc) is 3.17. The van der Waals surface area contributed by atoms with Gasteiger partial charge in [0.15, 0.2) is 5.82 Å².